The van der Waals surface area contributed by atoms with Crippen molar-refractivity contribution >= 4 is 22.9 Å². The molecule has 6 heteroatoms. The second-order valence-corrected chi connectivity index (χ2v) is 6.56. The zero-order valence-corrected chi connectivity index (χ0v) is 13.6. The number of halogens is 1. The Morgan fingerprint density at radius 2 is 2.10 bits per heavy atom. The van der Waals surface area contributed by atoms with Gasteiger partial charge in [0.05, 0.1) is 6.04 Å². The number of aryl methyl sites for hydroxylation is 1. The third kappa shape index (κ3) is 5.28. The number of hydrogen-bond acceptors (Lipinski definition) is 5. The Labute approximate surface area is 133 Å². The van der Waals surface area contributed by atoms with E-state index in [0.717, 1.165) is 5.01 Å². The quantitative estimate of drug-likeness (QED) is 0.820. The number of benzene rings is 1. The number of rotatable bonds is 7. The number of aromatic nitrogens is 1. The van der Waals surface area contributed by atoms with Crippen molar-refractivity contribution in [2.24, 2.45) is 0 Å². The normalized spacial score (nSPS) is 13.9. The average molecular weight is 327 g/mol. The fourth-order valence-corrected chi connectivity index (χ4v) is 2.68. The fraction of sp³-hybridized carbons (Fsp3) is 0.400. The summed E-state index contributed by atoms with van der Waals surface area (Å²) in [6.07, 6.45) is 1.28. The molecule has 1 heterocycles. The lowest BCUT2D eigenvalue weighted by molar-refractivity contribution is 0.104. The van der Waals surface area contributed by atoms with E-state index < -0.39 is 6.10 Å². The van der Waals surface area contributed by atoms with E-state index in [1.807, 2.05) is 20.0 Å². The van der Waals surface area contributed by atoms with Gasteiger partial charge in [-0.05, 0) is 38.1 Å². The molecule has 0 radical (unpaired) electrons. The Balaban J connectivity index is 1.72. The number of aliphatic hydroxyl groups is 1. The van der Waals surface area contributed by atoms with Gasteiger partial charge in [-0.3, -0.25) is 0 Å². The molecule has 0 saturated carbocycles. The van der Waals surface area contributed by atoms with Crippen LogP contribution in [0.25, 0.3) is 0 Å². The summed E-state index contributed by atoms with van der Waals surface area (Å²) in [6.45, 7) is 4.75. The molecule has 4 nitrogen and oxygen atoms in total. The van der Waals surface area contributed by atoms with Crippen molar-refractivity contribution in [3.05, 3.63) is 45.4 Å². The van der Waals surface area contributed by atoms with Crippen LogP contribution in [0.3, 0.4) is 0 Å². The molecule has 2 rings (SSSR count). The minimum Gasteiger partial charge on any atom is -0.491 e. The Morgan fingerprint density at radius 1 is 1.38 bits per heavy atom. The minimum absolute atomic E-state index is 0.119. The van der Waals surface area contributed by atoms with E-state index in [-0.39, 0.29) is 12.6 Å². The highest BCUT2D eigenvalue weighted by Crippen LogP contribution is 2.19. The van der Waals surface area contributed by atoms with Crippen LogP contribution in [0.4, 0.5) is 0 Å². The van der Waals surface area contributed by atoms with Gasteiger partial charge in [-0.2, -0.15) is 0 Å². The lowest BCUT2D eigenvalue weighted by Gasteiger charge is -2.16. The third-order valence-corrected chi connectivity index (χ3v) is 4.27. The molecule has 0 fully saturated rings. The van der Waals surface area contributed by atoms with Crippen LogP contribution >= 0.6 is 22.9 Å². The molecule has 1 aromatic carbocycles. The highest BCUT2D eigenvalue weighted by Gasteiger charge is 2.12. The number of ether oxygens (including phenoxy) is 1. The maximum absolute atomic E-state index is 9.94. The highest BCUT2D eigenvalue weighted by atomic mass is 35.5. The molecule has 0 bridgehead atoms. The van der Waals surface area contributed by atoms with Crippen LogP contribution in [0.15, 0.2) is 30.5 Å². The van der Waals surface area contributed by atoms with Crippen LogP contribution in [-0.4, -0.2) is 29.3 Å². The molecule has 2 aromatic rings. The van der Waals surface area contributed by atoms with Gasteiger partial charge >= 0.3 is 0 Å². The Morgan fingerprint density at radius 3 is 2.71 bits per heavy atom. The first-order chi connectivity index (χ1) is 10.0. The predicted molar refractivity (Wildman–Crippen MR) is 86.2 cm³/mol. The highest BCUT2D eigenvalue weighted by molar-refractivity contribution is 7.11. The molecule has 0 aliphatic rings. The van der Waals surface area contributed by atoms with Crippen molar-refractivity contribution in [3.8, 4) is 5.75 Å². The largest absolute Gasteiger partial charge is 0.491 e. The summed E-state index contributed by atoms with van der Waals surface area (Å²) in [7, 11) is 0. The zero-order valence-electron chi connectivity index (χ0n) is 12.0. The molecule has 0 amide bonds. The lowest BCUT2D eigenvalue weighted by atomic mass is 10.3. The summed E-state index contributed by atoms with van der Waals surface area (Å²) in [5.41, 5.74) is 0. The molecule has 2 unspecified atom stereocenters. The van der Waals surface area contributed by atoms with Gasteiger partial charge in [0.2, 0.25) is 0 Å². The van der Waals surface area contributed by atoms with E-state index in [4.69, 9.17) is 16.3 Å². The van der Waals surface area contributed by atoms with Gasteiger partial charge in [-0.1, -0.05) is 11.6 Å². The summed E-state index contributed by atoms with van der Waals surface area (Å²) >= 11 is 7.46. The summed E-state index contributed by atoms with van der Waals surface area (Å²) < 4.78 is 5.50. The van der Waals surface area contributed by atoms with E-state index in [1.54, 1.807) is 35.6 Å². The van der Waals surface area contributed by atoms with Crippen molar-refractivity contribution in [1.82, 2.24) is 10.3 Å². The SMILES string of the molecule is Cc1cnc(C(C)NCC(O)COc2ccc(Cl)cc2)s1. The molecule has 2 atom stereocenters. The van der Waals surface area contributed by atoms with Gasteiger partial charge in [-0.25, -0.2) is 4.98 Å². The maximum Gasteiger partial charge on any atom is 0.119 e. The first-order valence-electron chi connectivity index (χ1n) is 6.76. The smallest absolute Gasteiger partial charge is 0.119 e. The van der Waals surface area contributed by atoms with Gasteiger partial charge in [0.1, 0.15) is 23.5 Å². The van der Waals surface area contributed by atoms with Gasteiger partial charge < -0.3 is 15.2 Å². The van der Waals surface area contributed by atoms with E-state index >= 15 is 0 Å². The van der Waals surface area contributed by atoms with Crippen molar-refractivity contribution in [2.75, 3.05) is 13.2 Å². The minimum atomic E-state index is -0.579. The second-order valence-electron chi connectivity index (χ2n) is 4.86. The van der Waals surface area contributed by atoms with Crippen LogP contribution in [0.1, 0.15) is 22.9 Å². The summed E-state index contributed by atoms with van der Waals surface area (Å²) in [4.78, 5) is 5.51. The van der Waals surface area contributed by atoms with E-state index in [9.17, 15) is 5.11 Å². The Kier molecular flexibility index (Phi) is 5.99. The summed E-state index contributed by atoms with van der Waals surface area (Å²) in [5, 5.41) is 14.9. The molecule has 21 heavy (non-hydrogen) atoms. The Bertz CT molecular complexity index is 559. The molecule has 114 valence electrons. The zero-order chi connectivity index (χ0) is 15.2. The van der Waals surface area contributed by atoms with Crippen molar-refractivity contribution in [1.29, 1.82) is 0 Å². The summed E-state index contributed by atoms with van der Waals surface area (Å²) in [6, 6.07) is 7.20. The first kappa shape index (κ1) is 16.2. The molecule has 0 aliphatic heterocycles. The molecular weight excluding hydrogens is 308 g/mol. The van der Waals surface area contributed by atoms with Crippen LogP contribution in [0.2, 0.25) is 5.02 Å². The number of thiazole rings is 1. The van der Waals surface area contributed by atoms with Crippen LogP contribution in [0.5, 0.6) is 5.75 Å². The number of nitrogens with one attached hydrogen (secondary N) is 1. The molecule has 0 aliphatic carbocycles. The molecule has 0 spiro atoms. The lowest BCUT2D eigenvalue weighted by Crippen LogP contribution is -2.33. The van der Waals surface area contributed by atoms with E-state index in [0.29, 0.717) is 17.3 Å². The molecule has 1 aromatic heterocycles. The number of hydrogen-bond donors (Lipinski definition) is 2. The third-order valence-electron chi connectivity index (χ3n) is 2.93. The molecule has 0 saturated heterocycles. The topological polar surface area (TPSA) is 54.4 Å². The predicted octanol–water partition coefficient (Wildman–Crippen LogP) is 3.20. The fourth-order valence-electron chi connectivity index (χ4n) is 1.75. The van der Waals surface area contributed by atoms with Crippen molar-refractivity contribution in [3.63, 3.8) is 0 Å². The van der Waals surface area contributed by atoms with Crippen molar-refractivity contribution < 1.29 is 9.84 Å². The van der Waals surface area contributed by atoms with Gasteiger partial charge in [0, 0.05) is 22.6 Å². The average Bonchev–Trinajstić information content (AvgIpc) is 2.91. The first-order valence-corrected chi connectivity index (χ1v) is 7.96. The van der Waals surface area contributed by atoms with Crippen LogP contribution in [-0.2, 0) is 0 Å². The molecule has 2 N–H and O–H groups in total. The standard InChI is InChI=1S/C15H19ClN2O2S/c1-10-7-18-15(21-10)11(2)17-8-13(19)9-20-14-5-3-12(16)4-6-14/h3-7,11,13,17,19H,8-9H2,1-2H3. The van der Waals surface area contributed by atoms with Gasteiger partial charge in [-0.15, -0.1) is 11.3 Å². The maximum atomic E-state index is 9.94. The van der Waals surface area contributed by atoms with Gasteiger partial charge in [0.15, 0.2) is 0 Å². The second kappa shape index (κ2) is 7.75. The van der Waals surface area contributed by atoms with E-state index in [1.165, 1.54) is 4.88 Å². The van der Waals surface area contributed by atoms with Crippen LogP contribution in [0, 0.1) is 6.92 Å². The Hall–Kier alpha value is -1.14. The number of aliphatic hydroxyl groups excluding tert-OH is 1. The molecular formula is C15H19ClN2O2S. The summed E-state index contributed by atoms with van der Waals surface area (Å²) in [5.74, 6) is 0.696. The van der Waals surface area contributed by atoms with E-state index in [2.05, 4.69) is 10.3 Å². The van der Waals surface area contributed by atoms with Crippen LogP contribution < -0.4 is 10.1 Å². The van der Waals surface area contributed by atoms with Gasteiger partial charge in [0.25, 0.3) is 0 Å². The number of nitrogens with zero attached hydrogens (tertiary/aromatic N) is 1. The van der Waals surface area contributed by atoms with Crippen molar-refractivity contribution in [2.45, 2.75) is 26.0 Å². The monoisotopic (exact) mass is 326 g/mol.